The Morgan fingerprint density at radius 1 is 1.19 bits per heavy atom. The van der Waals surface area contributed by atoms with Gasteiger partial charge in [0.05, 0.1) is 6.42 Å². The normalized spacial score (nSPS) is 10.2. The number of para-hydroxylation sites is 1. The van der Waals surface area contributed by atoms with Gasteiger partial charge in [0.15, 0.2) is 0 Å². The van der Waals surface area contributed by atoms with E-state index in [2.05, 4.69) is 21.2 Å². The van der Waals surface area contributed by atoms with Gasteiger partial charge in [-0.1, -0.05) is 34.1 Å². The average Bonchev–Trinajstić information content (AvgIpc) is 2.39. The van der Waals surface area contributed by atoms with Crippen LogP contribution in [0.5, 0.6) is 0 Å². The lowest BCUT2D eigenvalue weighted by atomic mass is 10.1. The van der Waals surface area contributed by atoms with Crippen molar-refractivity contribution in [3.05, 3.63) is 63.9 Å². The standard InChI is InChI=1S/C15H11BrFNO3/c16-11-5-10(6-12(17)8-11)15(21)18-13-4-2-1-3-9(13)7-14(19)20/h1-6,8H,7H2,(H,18,21)(H,19,20). The first-order valence-corrected chi connectivity index (χ1v) is 6.82. The Morgan fingerprint density at radius 2 is 1.90 bits per heavy atom. The Bertz CT molecular complexity index is 683. The summed E-state index contributed by atoms with van der Waals surface area (Å²) in [6.45, 7) is 0. The van der Waals surface area contributed by atoms with Crippen molar-refractivity contribution in [3.63, 3.8) is 0 Å². The second-order valence-electron chi connectivity index (χ2n) is 4.34. The molecule has 0 atom stereocenters. The lowest BCUT2D eigenvalue weighted by Gasteiger charge is -2.10. The minimum atomic E-state index is -0.995. The molecule has 0 heterocycles. The van der Waals surface area contributed by atoms with Crippen LogP contribution in [0.3, 0.4) is 0 Å². The van der Waals surface area contributed by atoms with Gasteiger partial charge >= 0.3 is 5.97 Å². The Morgan fingerprint density at radius 3 is 2.57 bits per heavy atom. The highest BCUT2D eigenvalue weighted by molar-refractivity contribution is 9.10. The first kappa shape index (κ1) is 15.2. The van der Waals surface area contributed by atoms with Gasteiger partial charge in [0, 0.05) is 15.7 Å². The van der Waals surface area contributed by atoms with Crippen LogP contribution in [-0.4, -0.2) is 17.0 Å². The van der Waals surface area contributed by atoms with Crippen molar-refractivity contribution in [1.29, 1.82) is 0 Å². The Hall–Kier alpha value is -2.21. The molecule has 2 aromatic carbocycles. The number of benzene rings is 2. The summed E-state index contributed by atoms with van der Waals surface area (Å²) in [5.74, 6) is -2.04. The van der Waals surface area contributed by atoms with Gasteiger partial charge < -0.3 is 10.4 Å². The summed E-state index contributed by atoms with van der Waals surface area (Å²) in [7, 11) is 0. The topological polar surface area (TPSA) is 66.4 Å². The van der Waals surface area contributed by atoms with Crippen LogP contribution in [0.15, 0.2) is 46.9 Å². The van der Waals surface area contributed by atoms with E-state index in [1.54, 1.807) is 24.3 Å². The average molecular weight is 352 g/mol. The first-order chi connectivity index (χ1) is 9.95. The fourth-order valence-electron chi connectivity index (χ4n) is 1.84. The van der Waals surface area contributed by atoms with Gasteiger partial charge in [-0.15, -0.1) is 0 Å². The summed E-state index contributed by atoms with van der Waals surface area (Å²) in [4.78, 5) is 22.9. The number of anilines is 1. The lowest BCUT2D eigenvalue weighted by molar-refractivity contribution is -0.136. The molecule has 6 heteroatoms. The van der Waals surface area contributed by atoms with E-state index in [0.29, 0.717) is 15.7 Å². The molecule has 0 saturated heterocycles. The molecule has 108 valence electrons. The molecule has 0 aliphatic carbocycles. The predicted molar refractivity (Wildman–Crippen MR) is 79.8 cm³/mol. The fraction of sp³-hybridized carbons (Fsp3) is 0.0667. The van der Waals surface area contributed by atoms with Crippen LogP contribution in [0, 0.1) is 5.82 Å². The second kappa shape index (κ2) is 6.49. The Balaban J connectivity index is 2.25. The van der Waals surface area contributed by atoms with Gasteiger partial charge in [-0.05, 0) is 29.8 Å². The maximum atomic E-state index is 13.3. The molecule has 0 fully saturated rings. The van der Waals surface area contributed by atoms with Crippen molar-refractivity contribution in [2.75, 3.05) is 5.32 Å². The molecule has 0 aromatic heterocycles. The molecule has 2 rings (SSSR count). The molecule has 0 radical (unpaired) electrons. The molecule has 0 unspecified atom stereocenters. The van der Waals surface area contributed by atoms with Gasteiger partial charge in [-0.2, -0.15) is 0 Å². The van der Waals surface area contributed by atoms with E-state index in [1.165, 1.54) is 12.1 Å². The third kappa shape index (κ3) is 4.13. The molecule has 0 saturated carbocycles. The Labute approximate surface area is 128 Å². The van der Waals surface area contributed by atoms with E-state index in [9.17, 15) is 14.0 Å². The summed E-state index contributed by atoms with van der Waals surface area (Å²) >= 11 is 3.12. The van der Waals surface area contributed by atoms with Crippen LogP contribution in [0.4, 0.5) is 10.1 Å². The number of carbonyl (C=O) groups is 2. The first-order valence-electron chi connectivity index (χ1n) is 6.03. The van der Waals surface area contributed by atoms with Crippen LogP contribution in [-0.2, 0) is 11.2 Å². The van der Waals surface area contributed by atoms with E-state index in [-0.39, 0.29) is 12.0 Å². The van der Waals surface area contributed by atoms with Crippen LogP contribution < -0.4 is 5.32 Å². The molecule has 2 N–H and O–H groups in total. The number of halogens is 2. The molecule has 21 heavy (non-hydrogen) atoms. The number of nitrogens with one attached hydrogen (secondary N) is 1. The zero-order chi connectivity index (χ0) is 15.4. The summed E-state index contributed by atoms with van der Waals surface area (Å²) in [5.41, 5.74) is 1.02. The zero-order valence-electron chi connectivity index (χ0n) is 10.8. The number of carboxylic acids is 1. The molecule has 0 aliphatic heterocycles. The zero-order valence-corrected chi connectivity index (χ0v) is 12.4. The number of hydrogen-bond acceptors (Lipinski definition) is 2. The summed E-state index contributed by atoms with van der Waals surface area (Å²) in [6, 6.07) is 10.4. The summed E-state index contributed by atoms with van der Waals surface area (Å²) in [5, 5.41) is 11.4. The SMILES string of the molecule is O=C(O)Cc1ccccc1NC(=O)c1cc(F)cc(Br)c1. The quantitative estimate of drug-likeness (QED) is 0.886. The largest absolute Gasteiger partial charge is 0.481 e. The number of carbonyl (C=O) groups excluding carboxylic acids is 1. The lowest BCUT2D eigenvalue weighted by Crippen LogP contribution is -2.14. The monoisotopic (exact) mass is 351 g/mol. The van der Waals surface area contributed by atoms with Gasteiger partial charge in [0.1, 0.15) is 5.82 Å². The van der Waals surface area contributed by atoms with Crippen molar-refractivity contribution >= 4 is 33.5 Å². The number of hydrogen-bond donors (Lipinski definition) is 2. The summed E-state index contributed by atoms with van der Waals surface area (Å²) in [6.07, 6.45) is -0.205. The maximum absolute atomic E-state index is 13.3. The molecule has 0 aliphatic rings. The molecule has 4 nitrogen and oxygen atoms in total. The van der Waals surface area contributed by atoms with E-state index in [4.69, 9.17) is 5.11 Å². The molecule has 2 aromatic rings. The number of amides is 1. The molecular formula is C15H11BrFNO3. The van der Waals surface area contributed by atoms with Crippen LogP contribution >= 0.6 is 15.9 Å². The molecule has 0 spiro atoms. The highest BCUT2D eigenvalue weighted by Crippen LogP contribution is 2.19. The smallest absolute Gasteiger partial charge is 0.307 e. The van der Waals surface area contributed by atoms with Gasteiger partial charge in [0.25, 0.3) is 5.91 Å². The van der Waals surface area contributed by atoms with Crippen molar-refractivity contribution in [1.82, 2.24) is 0 Å². The number of rotatable bonds is 4. The predicted octanol–water partition coefficient (Wildman–Crippen LogP) is 3.47. The molecule has 1 amide bonds. The summed E-state index contributed by atoms with van der Waals surface area (Å²) < 4.78 is 13.7. The van der Waals surface area contributed by atoms with Crippen molar-refractivity contribution < 1.29 is 19.1 Å². The highest BCUT2D eigenvalue weighted by atomic mass is 79.9. The van der Waals surface area contributed by atoms with E-state index < -0.39 is 17.7 Å². The number of carboxylic acid groups (broad SMARTS) is 1. The van der Waals surface area contributed by atoms with E-state index >= 15 is 0 Å². The van der Waals surface area contributed by atoms with Crippen molar-refractivity contribution in [3.8, 4) is 0 Å². The third-order valence-electron chi connectivity index (χ3n) is 2.73. The minimum absolute atomic E-state index is 0.145. The highest BCUT2D eigenvalue weighted by Gasteiger charge is 2.12. The maximum Gasteiger partial charge on any atom is 0.307 e. The van der Waals surface area contributed by atoms with Gasteiger partial charge in [-0.3, -0.25) is 9.59 Å². The van der Waals surface area contributed by atoms with Crippen LogP contribution in [0.2, 0.25) is 0 Å². The molecular weight excluding hydrogens is 341 g/mol. The van der Waals surface area contributed by atoms with E-state index in [0.717, 1.165) is 6.07 Å². The fourth-order valence-corrected chi connectivity index (χ4v) is 2.30. The van der Waals surface area contributed by atoms with Gasteiger partial charge in [-0.25, -0.2) is 4.39 Å². The van der Waals surface area contributed by atoms with Crippen molar-refractivity contribution in [2.45, 2.75) is 6.42 Å². The van der Waals surface area contributed by atoms with Crippen molar-refractivity contribution in [2.24, 2.45) is 0 Å². The second-order valence-corrected chi connectivity index (χ2v) is 5.26. The van der Waals surface area contributed by atoms with Crippen LogP contribution in [0.25, 0.3) is 0 Å². The number of aliphatic carboxylic acids is 1. The molecule has 0 bridgehead atoms. The minimum Gasteiger partial charge on any atom is -0.481 e. The Kier molecular flexibility index (Phi) is 4.70. The van der Waals surface area contributed by atoms with Gasteiger partial charge in [0.2, 0.25) is 0 Å². The van der Waals surface area contributed by atoms with E-state index in [1.807, 2.05) is 0 Å². The van der Waals surface area contributed by atoms with Crippen LogP contribution in [0.1, 0.15) is 15.9 Å². The third-order valence-corrected chi connectivity index (χ3v) is 3.19.